The number of carboxylic acids is 1. The molecule has 0 fully saturated rings. The van der Waals surface area contributed by atoms with Crippen molar-refractivity contribution in [3.63, 3.8) is 0 Å². The van der Waals surface area contributed by atoms with Crippen molar-refractivity contribution in [2.45, 2.75) is 38.6 Å². The summed E-state index contributed by atoms with van der Waals surface area (Å²) in [6.45, 7) is 1.86. The Hall–Kier alpha value is -2.63. The van der Waals surface area contributed by atoms with Gasteiger partial charge in [0.1, 0.15) is 23.4 Å². The first kappa shape index (κ1) is 17.7. The molecule has 1 heterocycles. The molecule has 0 saturated heterocycles. The van der Waals surface area contributed by atoms with Gasteiger partial charge >= 0.3 is 5.97 Å². The van der Waals surface area contributed by atoms with E-state index in [0.29, 0.717) is 36.3 Å². The average Bonchev–Trinajstić information content (AvgIpc) is 3.01. The van der Waals surface area contributed by atoms with Gasteiger partial charge in [0.2, 0.25) is 5.91 Å². The Labute approximate surface area is 139 Å². The molecule has 128 valence electrons. The van der Waals surface area contributed by atoms with Gasteiger partial charge in [-0.3, -0.25) is 4.79 Å². The van der Waals surface area contributed by atoms with E-state index in [4.69, 9.17) is 9.52 Å². The van der Waals surface area contributed by atoms with Crippen LogP contribution in [0.5, 0.6) is 0 Å². The van der Waals surface area contributed by atoms with Crippen molar-refractivity contribution >= 4 is 11.9 Å². The zero-order valence-corrected chi connectivity index (χ0v) is 13.4. The maximum absolute atomic E-state index is 13.7. The SMILES string of the molecule is CCCC(NC(=O)CCc1ccc(-c2ccccc2F)o1)C(=O)O. The summed E-state index contributed by atoms with van der Waals surface area (Å²) < 4.78 is 19.3. The minimum absolute atomic E-state index is 0.109. The van der Waals surface area contributed by atoms with E-state index >= 15 is 0 Å². The van der Waals surface area contributed by atoms with Gasteiger partial charge in [0, 0.05) is 12.8 Å². The molecule has 2 aromatic rings. The quantitative estimate of drug-likeness (QED) is 0.776. The van der Waals surface area contributed by atoms with Gasteiger partial charge in [-0.05, 0) is 30.7 Å². The molecule has 1 aromatic carbocycles. The van der Waals surface area contributed by atoms with Crippen LogP contribution in [0.3, 0.4) is 0 Å². The summed E-state index contributed by atoms with van der Waals surface area (Å²) in [6, 6.07) is 8.76. The number of halogens is 1. The number of nitrogens with one attached hydrogen (secondary N) is 1. The lowest BCUT2D eigenvalue weighted by Gasteiger charge is -2.13. The molecule has 1 unspecified atom stereocenters. The van der Waals surface area contributed by atoms with Crippen LogP contribution >= 0.6 is 0 Å². The van der Waals surface area contributed by atoms with E-state index in [1.165, 1.54) is 6.07 Å². The van der Waals surface area contributed by atoms with E-state index in [1.54, 1.807) is 30.3 Å². The summed E-state index contributed by atoms with van der Waals surface area (Å²) in [5.41, 5.74) is 0.363. The van der Waals surface area contributed by atoms with Crippen LogP contribution in [0.4, 0.5) is 4.39 Å². The number of benzene rings is 1. The summed E-state index contributed by atoms with van der Waals surface area (Å²) in [5, 5.41) is 11.5. The molecule has 0 saturated carbocycles. The van der Waals surface area contributed by atoms with Crippen LogP contribution in [0.1, 0.15) is 31.9 Å². The van der Waals surface area contributed by atoms with Crippen molar-refractivity contribution in [3.8, 4) is 11.3 Å². The monoisotopic (exact) mass is 333 g/mol. The topological polar surface area (TPSA) is 79.5 Å². The molecule has 0 aliphatic carbocycles. The number of rotatable bonds is 8. The van der Waals surface area contributed by atoms with Crippen LogP contribution in [-0.4, -0.2) is 23.0 Å². The van der Waals surface area contributed by atoms with Crippen LogP contribution in [0.15, 0.2) is 40.8 Å². The first-order valence-electron chi connectivity index (χ1n) is 7.87. The van der Waals surface area contributed by atoms with E-state index in [2.05, 4.69) is 5.32 Å². The minimum atomic E-state index is -1.04. The van der Waals surface area contributed by atoms with Crippen LogP contribution in [-0.2, 0) is 16.0 Å². The van der Waals surface area contributed by atoms with E-state index in [-0.39, 0.29) is 18.1 Å². The van der Waals surface area contributed by atoms with Crippen molar-refractivity contribution in [2.75, 3.05) is 0 Å². The Bertz CT molecular complexity index is 711. The van der Waals surface area contributed by atoms with Gasteiger partial charge in [-0.1, -0.05) is 25.5 Å². The fourth-order valence-electron chi connectivity index (χ4n) is 2.37. The normalized spacial score (nSPS) is 11.9. The molecule has 1 atom stereocenters. The first-order chi connectivity index (χ1) is 11.5. The number of carboxylic acid groups (broad SMARTS) is 1. The van der Waals surface area contributed by atoms with Crippen LogP contribution in [0, 0.1) is 5.82 Å². The highest BCUT2D eigenvalue weighted by Crippen LogP contribution is 2.25. The number of furan rings is 1. The minimum Gasteiger partial charge on any atom is -0.480 e. The molecule has 0 spiro atoms. The van der Waals surface area contributed by atoms with Gasteiger partial charge in [-0.25, -0.2) is 9.18 Å². The third-order valence-corrected chi connectivity index (χ3v) is 3.61. The lowest BCUT2D eigenvalue weighted by atomic mass is 10.1. The summed E-state index contributed by atoms with van der Waals surface area (Å²) in [5.74, 6) is -0.812. The molecule has 24 heavy (non-hydrogen) atoms. The van der Waals surface area contributed by atoms with E-state index in [1.807, 2.05) is 6.92 Å². The maximum Gasteiger partial charge on any atom is 0.326 e. The van der Waals surface area contributed by atoms with Crippen molar-refractivity contribution in [1.82, 2.24) is 5.32 Å². The molecule has 2 N–H and O–H groups in total. The number of carbonyl (C=O) groups excluding carboxylic acids is 1. The first-order valence-corrected chi connectivity index (χ1v) is 7.87. The predicted octanol–water partition coefficient (Wildman–Crippen LogP) is 3.39. The molecule has 0 aliphatic rings. The highest BCUT2D eigenvalue weighted by Gasteiger charge is 2.19. The molecule has 0 aliphatic heterocycles. The average molecular weight is 333 g/mol. The molecular formula is C18H20FNO4. The molecule has 5 nitrogen and oxygen atoms in total. The highest BCUT2D eigenvalue weighted by molar-refractivity contribution is 5.83. The van der Waals surface area contributed by atoms with Gasteiger partial charge < -0.3 is 14.8 Å². The van der Waals surface area contributed by atoms with Crippen LogP contribution in [0.2, 0.25) is 0 Å². The Morgan fingerprint density at radius 2 is 2.00 bits per heavy atom. The van der Waals surface area contributed by atoms with E-state index < -0.39 is 12.0 Å². The third kappa shape index (κ3) is 4.68. The molecule has 1 amide bonds. The summed E-state index contributed by atoms with van der Waals surface area (Å²) >= 11 is 0. The number of hydrogen-bond donors (Lipinski definition) is 2. The molecule has 0 bridgehead atoms. The molecular weight excluding hydrogens is 313 g/mol. The van der Waals surface area contributed by atoms with E-state index in [9.17, 15) is 14.0 Å². The van der Waals surface area contributed by atoms with Crippen molar-refractivity contribution in [1.29, 1.82) is 0 Å². The largest absolute Gasteiger partial charge is 0.480 e. The zero-order chi connectivity index (χ0) is 17.5. The summed E-state index contributed by atoms with van der Waals surface area (Å²) in [4.78, 5) is 22.9. The van der Waals surface area contributed by atoms with Gasteiger partial charge in [0.05, 0.1) is 5.56 Å². The number of aryl methyl sites for hydroxylation is 1. The Kier molecular flexibility index (Phi) is 6.12. The molecule has 1 aromatic heterocycles. The van der Waals surface area contributed by atoms with Gasteiger partial charge in [0.25, 0.3) is 0 Å². The second-order valence-electron chi connectivity index (χ2n) is 5.49. The molecule has 0 radical (unpaired) electrons. The second-order valence-corrected chi connectivity index (χ2v) is 5.49. The Balaban J connectivity index is 1.92. The van der Waals surface area contributed by atoms with Gasteiger partial charge in [-0.2, -0.15) is 0 Å². The number of hydrogen-bond acceptors (Lipinski definition) is 3. The van der Waals surface area contributed by atoms with Gasteiger partial charge in [-0.15, -0.1) is 0 Å². The van der Waals surface area contributed by atoms with Crippen molar-refractivity contribution in [3.05, 3.63) is 48.0 Å². The zero-order valence-electron chi connectivity index (χ0n) is 13.4. The second kappa shape index (κ2) is 8.29. The van der Waals surface area contributed by atoms with E-state index in [0.717, 1.165) is 0 Å². The van der Waals surface area contributed by atoms with Crippen LogP contribution < -0.4 is 5.32 Å². The lowest BCUT2D eigenvalue weighted by Crippen LogP contribution is -2.40. The Morgan fingerprint density at radius 3 is 2.67 bits per heavy atom. The summed E-state index contributed by atoms with van der Waals surface area (Å²) in [7, 11) is 0. The van der Waals surface area contributed by atoms with Crippen molar-refractivity contribution < 1.29 is 23.5 Å². The highest BCUT2D eigenvalue weighted by atomic mass is 19.1. The maximum atomic E-state index is 13.7. The molecule has 6 heteroatoms. The summed E-state index contributed by atoms with van der Waals surface area (Å²) in [6.07, 6.45) is 1.48. The predicted molar refractivity (Wildman–Crippen MR) is 86.9 cm³/mol. The molecule has 2 rings (SSSR count). The standard InChI is InChI=1S/C18H20FNO4/c1-2-5-15(18(22)23)20-17(21)11-9-12-8-10-16(24-12)13-6-3-4-7-14(13)19/h3-4,6-8,10,15H,2,5,9,11H2,1H3,(H,20,21)(H,22,23). The van der Waals surface area contributed by atoms with Crippen LogP contribution in [0.25, 0.3) is 11.3 Å². The number of aliphatic carboxylic acids is 1. The Morgan fingerprint density at radius 1 is 1.25 bits per heavy atom. The van der Waals surface area contributed by atoms with Gasteiger partial charge in [0.15, 0.2) is 0 Å². The third-order valence-electron chi connectivity index (χ3n) is 3.61. The lowest BCUT2D eigenvalue weighted by molar-refractivity contribution is -0.142. The van der Waals surface area contributed by atoms with Crippen molar-refractivity contribution in [2.24, 2.45) is 0 Å². The number of amides is 1. The fraction of sp³-hybridized carbons (Fsp3) is 0.333. The smallest absolute Gasteiger partial charge is 0.326 e. The number of carbonyl (C=O) groups is 2. The fourth-order valence-corrected chi connectivity index (χ4v) is 2.37.